The molecule has 2 atom stereocenters. The predicted molar refractivity (Wildman–Crippen MR) is 173 cm³/mol. The Morgan fingerprint density at radius 2 is 1.47 bits per heavy atom. The second-order valence-electron chi connectivity index (χ2n) is 10.7. The van der Waals surface area contributed by atoms with Gasteiger partial charge >= 0.3 is 0 Å². The summed E-state index contributed by atoms with van der Waals surface area (Å²) in [6, 6.07) is 28.1. The molecule has 0 aliphatic heterocycles. The van der Waals surface area contributed by atoms with E-state index in [1.165, 1.54) is 30.2 Å². The molecule has 0 spiro atoms. The summed E-state index contributed by atoms with van der Waals surface area (Å²) in [6.45, 7) is 2.90. The smallest absolute Gasteiger partial charge is 0.264 e. The summed E-state index contributed by atoms with van der Waals surface area (Å²) < 4.78 is 49.3. The number of halogens is 1. The van der Waals surface area contributed by atoms with E-state index in [1.807, 2.05) is 44.2 Å². The van der Waals surface area contributed by atoms with Gasteiger partial charge < -0.3 is 15.0 Å². The molecule has 4 rings (SSSR count). The Hall–Kier alpha value is -4.70. The van der Waals surface area contributed by atoms with Gasteiger partial charge in [0.1, 0.15) is 24.2 Å². The maximum Gasteiger partial charge on any atom is 0.264 e. The molecule has 2 amide bonds. The van der Waals surface area contributed by atoms with Crippen LogP contribution in [0.2, 0.25) is 0 Å². The number of amides is 2. The molecule has 4 aromatic rings. The lowest BCUT2D eigenvalue weighted by Gasteiger charge is -2.34. The molecule has 0 radical (unpaired) electrons. The molecule has 45 heavy (non-hydrogen) atoms. The number of hydrogen-bond donors (Lipinski definition) is 1. The van der Waals surface area contributed by atoms with Crippen LogP contribution in [-0.4, -0.2) is 50.9 Å². The van der Waals surface area contributed by atoms with Gasteiger partial charge in [-0.15, -0.1) is 0 Å². The summed E-state index contributed by atoms with van der Waals surface area (Å²) in [4.78, 5) is 29.5. The zero-order valence-corrected chi connectivity index (χ0v) is 26.4. The molecule has 0 aromatic heterocycles. The minimum absolute atomic E-state index is 0.00961. The molecule has 1 N–H and O–H groups in total. The number of benzene rings is 4. The zero-order chi connectivity index (χ0) is 32.4. The van der Waals surface area contributed by atoms with Gasteiger partial charge in [0, 0.05) is 24.6 Å². The number of carbonyl (C=O) groups excluding carboxylic acids is 2. The topological polar surface area (TPSA) is 96.0 Å². The average molecular weight is 632 g/mol. The van der Waals surface area contributed by atoms with Gasteiger partial charge in [-0.25, -0.2) is 12.8 Å². The van der Waals surface area contributed by atoms with Gasteiger partial charge in [-0.2, -0.15) is 0 Å². The maximum atomic E-state index is 15.0. The second kappa shape index (κ2) is 15.3. The van der Waals surface area contributed by atoms with E-state index in [-0.39, 0.29) is 35.2 Å². The van der Waals surface area contributed by atoms with Crippen molar-refractivity contribution < 1.29 is 27.1 Å². The summed E-state index contributed by atoms with van der Waals surface area (Å²) in [5.41, 5.74) is 1.21. The van der Waals surface area contributed by atoms with Crippen LogP contribution in [0.1, 0.15) is 31.4 Å². The van der Waals surface area contributed by atoms with E-state index in [2.05, 4.69) is 5.32 Å². The molecular weight excluding hydrogens is 593 g/mol. The molecule has 0 aliphatic carbocycles. The minimum Gasteiger partial charge on any atom is -0.497 e. The first-order chi connectivity index (χ1) is 21.6. The highest BCUT2D eigenvalue weighted by atomic mass is 32.2. The lowest BCUT2D eigenvalue weighted by atomic mass is 10.0. The molecule has 0 aliphatic rings. The zero-order valence-electron chi connectivity index (χ0n) is 25.6. The molecule has 4 aromatic carbocycles. The van der Waals surface area contributed by atoms with Gasteiger partial charge in [0.15, 0.2) is 0 Å². The lowest BCUT2D eigenvalue weighted by Crippen LogP contribution is -2.54. The Morgan fingerprint density at radius 1 is 0.867 bits per heavy atom. The number of ether oxygens (including phenoxy) is 1. The van der Waals surface area contributed by atoms with Crippen LogP contribution in [0, 0.1) is 5.82 Å². The van der Waals surface area contributed by atoms with Crippen LogP contribution in [0.15, 0.2) is 114 Å². The van der Waals surface area contributed by atoms with Crippen LogP contribution in [0.4, 0.5) is 10.1 Å². The van der Waals surface area contributed by atoms with Gasteiger partial charge in [-0.1, -0.05) is 73.7 Å². The van der Waals surface area contributed by atoms with Crippen molar-refractivity contribution in [3.63, 3.8) is 0 Å². The number of sulfonamides is 1. The van der Waals surface area contributed by atoms with Crippen LogP contribution in [0.3, 0.4) is 0 Å². The molecule has 0 fully saturated rings. The predicted octanol–water partition coefficient (Wildman–Crippen LogP) is 5.58. The largest absolute Gasteiger partial charge is 0.497 e. The Kier molecular flexibility index (Phi) is 11.3. The highest BCUT2D eigenvalue weighted by Crippen LogP contribution is 2.27. The van der Waals surface area contributed by atoms with E-state index < -0.39 is 40.2 Å². The van der Waals surface area contributed by atoms with Gasteiger partial charge in [0.2, 0.25) is 11.8 Å². The van der Waals surface area contributed by atoms with Gasteiger partial charge in [0.05, 0.1) is 17.7 Å². The highest BCUT2D eigenvalue weighted by molar-refractivity contribution is 7.92. The van der Waals surface area contributed by atoms with Gasteiger partial charge in [-0.3, -0.25) is 13.9 Å². The molecule has 0 unspecified atom stereocenters. The highest BCUT2D eigenvalue weighted by Gasteiger charge is 2.35. The number of hydrogen-bond acceptors (Lipinski definition) is 5. The number of nitrogens with zero attached hydrogens (tertiary/aromatic N) is 2. The quantitative estimate of drug-likeness (QED) is 0.196. The Labute approximate surface area is 264 Å². The first-order valence-corrected chi connectivity index (χ1v) is 16.2. The van der Waals surface area contributed by atoms with Crippen LogP contribution >= 0.6 is 0 Å². The SMILES string of the molecule is CC[C@@H](C)NC(=O)[C@H](Cc1ccccc1)N(Cc1ccccc1F)C(=O)CN(c1ccc(OC)cc1)S(=O)(=O)c1ccccc1. The fourth-order valence-corrected chi connectivity index (χ4v) is 6.24. The Balaban J connectivity index is 1.81. The van der Waals surface area contributed by atoms with E-state index in [9.17, 15) is 18.0 Å². The van der Waals surface area contributed by atoms with Crippen molar-refractivity contribution in [1.29, 1.82) is 0 Å². The van der Waals surface area contributed by atoms with E-state index >= 15 is 4.39 Å². The Bertz CT molecular complexity index is 1670. The molecule has 8 nitrogen and oxygen atoms in total. The molecule has 0 bridgehead atoms. The third-order valence-corrected chi connectivity index (χ3v) is 9.33. The van der Waals surface area contributed by atoms with E-state index in [0.29, 0.717) is 12.2 Å². The summed E-state index contributed by atoms with van der Waals surface area (Å²) in [7, 11) is -2.75. The minimum atomic E-state index is -4.24. The van der Waals surface area contributed by atoms with Crippen LogP contribution in [-0.2, 0) is 32.6 Å². The first kappa shape index (κ1) is 33.2. The Morgan fingerprint density at radius 3 is 2.07 bits per heavy atom. The van der Waals surface area contributed by atoms with Crippen molar-refractivity contribution in [3.8, 4) is 5.75 Å². The summed E-state index contributed by atoms with van der Waals surface area (Å²) >= 11 is 0. The number of methoxy groups -OCH3 is 1. The second-order valence-corrected chi connectivity index (χ2v) is 12.5. The third-order valence-electron chi connectivity index (χ3n) is 7.54. The van der Waals surface area contributed by atoms with Crippen LogP contribution < -0.4 is 14.4 Å². The fraction of sp³-hybridized carbons (Fsp3) is 0.257. The van der Waals surface area contributed by atoms with E-state index in [0.717, 1.165) is 9.87 Å². The van der Waals surface area contributed by atoms with E-state index in [1.54, 1.807) is 60.7 Å². The first-order valence-electron chi connectivity index (χ1n) is 14.7. The molecule has 0 saturated heterocycles. The maximum absolute atomic E-state index is 15.0. The molecule has 236 valence electrons. The van der Waals surface area contributed by atoms with Gasteiger partial charge in [-0.05, 0) is 61.4 Å². The number of carbonyl (C=O) groups is 2. The number of nitrogens with one attached hydrogen (secondary N) is 1. The normalized spacial score (nSPS) is 12.5. The number of anilines is 1. The van der Waals surface area contributed by atoms with Crippen molar-refractivity contribution in [1.82, 2.24) is 10.2 Å². The monoisotopic (exact) mass is 631 g/mol. The van der Waals surface area contributed by atoms with Gasteiger partial charge in [0.25, 0.3) is 10.0 Å². The molecule has 10 heteroatoms. The van der Waals surface area contributed by atoms with Crippen LogP contribution in [0.5, 0.6) is 5.75 Å². The standard InChI is InChI=1S/C35H38FN3O5S/c1-4-26(2)37-35(41)33(23-27-13-7-5-8-14-27)38(24-28-15-11-12-18-32(28)36)34(40)25-39(29-19-21-30(44-3)22-20-29)45(42,43)31-16-9-6-10-17-31/h5-22,26,33H,4,23-25H2,1-3H3,(H,37,41)/t26-,33+/m1/s1. The number of rotatable bonds is 14. The van der Waals surface area contributed by atoms with Crippen molar-refractivity contribution in [2.24, 2.45) is 0 Å². The summed E-state index contributed by atoms with van der Waals surface area (Å²) in [5, 5.41) is 2.97. The molecule has 0 heterocycles. The van der Waals surface area contributed by atoms with Crippen molar-refractivity contribution in [2.75, 3.05) is 18.0 Å². The molecular formula is C35H38FN3O5S. The average Bonchev–Trinajstić information content (AvgIpc) is 3.06. The van der Waals surface area contributed by atoms with E-state index in [4.69, 9.17) is 4.74 Å². The summed E-state index contributed by atoms with van der Waals surface area (Å²) in [5.74, 6) is -1.12. The van der Waals surface area contributed by atoms with Crippen molar-refractivity contribution >= 4 is 27.5 Å². The third kappa shape index (κ3) is 8.48. The molecule has 0 saturated carbocycles. The van der Waals surface area contributed by atoms with Crippen LogP contribution in [0.25, 0.3) is 0 Å². The fourth-order valence-electron chi connectivity index (χ4n) is 4.80. The van der Waals surface area contributed by atoms with Crippen molar-refractivity contribution in [3.05, 3.63) is 126 Å². The summed E-state index contributed by atoms with van der Waals surface area (Å²) in [6.07, 6.45) is 0.795. The lowest BCUT2D eigenvalue weighted by molar-refractivity contribution is -0.140. The van der Waals surface area contributed by atoms with Crippen molar-refractivity contribution in [2.45, 2.75) is 50.2 Å².